The Bertz CT molecular complexity index is 191. The van der Waals surface area contributed by atoms with Gasteiger partial charge in [0.15, 0.2) is 0 Å². The van der Waals surface area contributed by atoms with E-state index >= 15 is 0 Å². The second-order valence-corrected chi connectivity index (χ2v) is 4.55. The number of ether oxygens (including phenoxy) is 1. The third-order valence-electron chi connectivity index (χ3n) is 2.63. The first-order valence-electron chi connectivity index (χ1n) is 5.13. The Labute approximate surface area is 90.1 Å². The maximum absolute atomic E-state index is 11.3. The molecule has 82 valence electrons. The van der Waals surface area contributed by atoms with Crippen molar-refractivity contribution >= 4 is 17.5 Å². The highest BCUT2D eigenvalue weighted by atomic mass is 35.5. The topological polar surface area (TPSA) is 38.3 Å². The fraction of sp³-hybridized carbons (Fsp3) is 0.900. The third-order valence-corrected chi connectivity index (χ3v) is 2.83. The van der Waals surface area contributed by atoms with E-state index in [0.717, 1.165) is 26.1 Å². The van der Waals surface area contributed by atoms with E-state index in [1.165, 1.54) is 0 Å². The first-order valence-corrected chi connectivity index (χ1v) is 5.57. The van der Waals surface area contributed by atoms with Gasteiger partial charge in [-0.3, -0.25) is 4.79 Å². The number of amides is 1. The molecule has 1 aliphatic rings. The van der Waals surface area contributed by atoms with Crippen LogP contribution in [0.25, 0.3) is 0 Å². The molecule has 4 heteroatoms. The molecule has 0 radical (unpaired) electrons. The minimum absolute atomic E-state index is 0.0928. The third kappa shape index (κ3) is 3.46. The van der Waals surface area contributed by atoms with Crippen molar-refractivity contribution in [1.82, 2.24) is 5.32 Å². The second kappa shape index (κ2) is 5.56. The molecule has 3 nitrogen and oxygen atoms in total. The van der Waals surface area contributed by atoms with Gasteiger partial charge >= 0.3 is 0 Å². The predicted molar refractivity (Wildman–Crippen MR) is 56.5 cm³/mol. The Kier molecular flexibility index (Phi) is 4.69. The minimum atomic E-state index is -0.457. The maximum Gasteiger partial charge on any atom is 0.237 e. The zero-order valence-corrected chi connectivity index (χ0v) is 9.51. The van der Waals surface area contributed by atoms with Crippen LogP contribution in [0.1, 0.15) is 26.7 Å². The zero-order chi connectivity index (χ0) is 10.6. The lowest BCUT2D eigenvalue weighted by atomic mass is 9.95. The first-order chi connectivity index (χ1) is 6.61. The Morgan fingerprint density at radius 1 is 1.57 bits per heavy atom. The lowest BCUT2D eigenvalue weighted by molar-refractivity contribution is -0.121. The summed E-state index contributed by atoms with van der Waals surface area (Å²) in [5.41, 5.74) is 0. The van der Waals surface area contributed by atoms with Crippen LogP contribution in [0, 0.1) is 5.92 Å². The molecular formula is C10H18ClNO2. The summed E-state index contributed by atoms with van der Waals surface area (Å²) in [5, 5.41) is 2.44. The van der Waals surface area contributed by atoms with Crippen LogP contribution >= 0.6 is 11.6 Å². The number of alkyl halides is 1. The lowest BCUT2D eigenvalue weighted by Crippen LogP contribution is -2.43. The predicted octanol–water partition coefficient (Wildman–Crippen LogP) is 1.54. The van der Waals surface area contributed by atoms with Gasteiger partial charge in [-0.2, -0.15) is 0 Å². The Morgan fingerprint density at radius 3 is 2.79 bits per heavy atom. The average Bonchev–Trinajstić information content (AvgIpc) is 2.19. The lowest BCUT2D eigenvalue weighted by Gasteiger charge is -2.28. The molecule has 1 fully saturated rings. The van der Waals surface area contributed by atoms with Crippen molar-refractivity contribution in [1.29, 1.82) is 0 Å². The average molecular weight is 220 g/mol. The highest BCUT2D eigenvalue weighted by Crippen LogP contribution is 2.17. The highest BCUT2D eigenvalue weighted by Gasteiger charge is 2.22. The molecule has 1 rings (SSSR count). The minimum Gasteiger partial charge on any atom is -0.381 e. The molecule has 1 N–H and O–H groups in total. The van der Waals surface area contributed by atoms with Gasteiger partial charge in [0, 0.05) is 18.6 Å². The van der Waals surface area contributed by atoms with Gasteiger partial charge in [0.25, 0.3) is 0 Å². The van der Waals surface area contributed by atoms with Crippen molar-refractivity contribution in [2.24, 2.45) is 5.92 Å². The Morgan fingerprint density at radius 2 is 2.29 bits per heavy atom. The van der Waals surface area contributed by atoms with Crippen molar-refractivity contribution in [2.45, 2.75) is 38.1 Å². The van der Waals surface area contributed by atoms with Gasteiger partial charge in [0.2, 0.25) is 5.91 Å². The Balaban J connectivity index is 2.32. The summed E-state index contributed by atoms with van der Waals surface area (Å²) in [6.07, 6.45) is 2.21. The number of hydrogen-bond acceptors (Lipinski definition) is 2. The van der Waals surface area contributed by atoms with E-state index in [1.807, 2.05) is 6.92 Å². The van der Waals surface area contributed by atoms with Crippen LogP contribution in [0.3, 0.4) is 0 Å². The van der Waals surface area contributed by atoms with Crippen LogP contribution in [-0.2, 0) is 9.53 Å². The second-order valence-electron chi connectivity index (χ2n) is 3.89. The molecule has 1 aliphatic heterocycles. The SMILES string of the molecule is CC(Cl)C(=O)NC(C)C1CCCOC1. The molecule has 1 saturated heterocycles. The number of carbonyl (C=O) groups is 1. The number of carbonyl (C=O) groups excluding carboxylic acids is 1. The van der Waals surface area contributed by atoms with E-state index in [2.05, 4.69) is 5.32 Å². The quantitative estimate of drug-likeness (QED) is 0.732. The van der Waals surface area contributed by atoms with Gasteiger partial charge in [-0.25, -0.2) is 0 Å². The fourth-order valence-electron chi connectivity index (χ4n) is 1.62. The van der Waals surface area contributed by atoms with E-state index in [4.69, 9.17) is 16.3 Å². The molecule has 0 spiro atoms. The number of halogens is 1. The molecular weight excluding hydrogens is 202 g/mol. The van der Waals surface area contributed by atoms with Crippen molar-refractivity contribution in [2.75, 3.05) is 13.2 Å². The molecule has 14 heavy (non-hydrogen) atoms. The van der Waals surface area contributed by atoms with Gasteiger partial charge < -0.3 is 10.1 Å². The van der Waals surface area contributed by atoms with Gasteiger partial charge in [-0.05, 0) is 26.7 Å². The van der Waals surface area contributed by atoms with Crippen LogP contribution in [-0.4, -0.2) is 30.5 Å². The molecule has 3 atom stereocenters. The van der Waals surface area contributed by atoms with Crippen LogP contribution in [0.15, 0.2) is 0 Å². The molecule has 0 saturated carbocycles. The smallest absolute Gasteiger partial charge is 0.237 e. The largest absolute Gasteiger partial charge is 0.381 e. The summed E-state index contributed by atoms with van der Waals surface area (Å²) in [5.74, 6) is 0.341. The monoisotopic (exact) mass is 219 g/mol. The summed E-state index contributed by atoms with van der Waals surface area (Å²) < 4.78 is 5.36. The summed E-state index contributed by atoms with van der Waals surface area (Å²) in [7, 11) is 0. The van der Waals surface area contributed by atoms with E-state index < -0.39 is 5.38 Å². The molecule has 1 heterocycles. The van der Waals surface area contributed by atoms with Crippen molar-refractivity contribution in [3.8, 4) is 0 Å². The van der Waals surface area contributed by atoms with Gasteiger partial charge in [-0.15, -0.1) is 11.6 Å². The summed E-state index contributed by atoms with van der Waals surface area (Å²) in [6, 6.07) is 0.156. The molecule has 0 aromatic rings. The fourth-order valence-corrected chi connectivity index (χ4v) is 1.68. The standard InChI is InChI=1S/C10H18ClNO2/c1-7(11)10(13)12-8(2)9-4-3-5-14-6-9/h7-9H,3-6H2,1-2H3,(H,12,13). The van der Waals surface area contributed by atoms with Gasteiger partial charge in [0.05, 0.1) is 6.61 Å². The van der Waals surface area contributed by atoms with E-state index in [0.29, 0.717) is 5.92 Å². The summed E-state index contributed by atoms with van der Waals surface area (Å²) in [6.45, 7) is 5.29. The van der Waals surface area contributed by atoms with Crippen LogP contribution < -0.4 is 5.32 Å². The highest BCUT2D eigenvalue weighted by molar-refractivity contribution is 6.30. The van der Waals surface area contributed by atoms with Crippen molar-refractivity contribution in [3.05, 3.63) is 0 Å². The van der Waals surface area contributed by atoms with E-state index in [9.17, 15) is 4.79 Å². The molecule has 1 amide bonds. The number of nitrogens with one attached hydrogen (secondary N) is 1. The van der Waals surface area contributed by atoms with Crippen molar-refractivity contribution in [3.63, 3.8) is 0 Å². The molecule has 0 bridgehead atoms. The molecule has 0 aliphatic carbocycles. The normalized spacial score (nSPS) is 26.6. The van der Waals surface area contributed by atoms with Crippen LogP contribution in [0.2, 0.25) is 0 Å². The van der Waals surface area contributed by atoms with Crippen LogP contribution in [0.4, 0.5) is 0 Å². The maximum atomic E-state index is 11.3. The molecule has 3 unspecified atom stereocenters. The summed E-state index contributed by atoms with van der Waals surface area (Å²) >= 11 is 5.67. The van der Waals surface area contributed by atoms with Crippen molar-refractivity contribution < 1.29 is 9.53 Å². The zero-order valence-electron chi connectivity index (χ0n) is 8.75. The number of rotatable bonds is 3. The van der Waals surface area contributed by atoms with Gasteiger partial charge in [0.1, 0.15) is 5.38 Å². The first kappa shape index (κ1) is 11.8. The molecule has 0 aromatic carbocycles. The molecule has 0 aromatic heterocycles. The van der Waals surface area contributed by atoms with Gasteiger partial charge in [-0.1, -0.05) is 0 Å². The summed E-state index contributed by atoms with van der Waals surface area (Å²) in [4.78, 5) is 11.3. The van der Waals surface area contributed by atoms with E-state index in [-0.39, 0.29) is 11.9 Å². The van der Waals surface area contributed by atoms with Crippen LogP contribution in [0.5, 0.6) is 0 Å². The Hall–Kier alpha value is -0.280. The number of hydrogen-bond donors (Lipinski definition) is 1. The van der Waals surface area contributed by atoms with E-state index in [1.54, 1.807) is 6.92 Å².